The van der Waals surface area contributed by atoms with Crippen LogP contribution in [0.3, 0.4) is 0 Å². The number of imidazole rings is 1. The molecule has 0 amide bonds. The molecule has 0 bridgehead atoms. The first-order valence-corrected chi connectivity index (χ1v) is 4.63. The molecule has 17 heavy (non-hydrogen) atoms. The maximum absolute atomic E-state index is 7.75. The molecule has 0 atom stereocenters. The molecule has 0 saturated carbocycles. The van der Waals surface area contributed by atoms with Gasteiger partial charge in [-0.1, -0.05) is 0 Å². The minimum absolute atomic E-state index is 0. The van der Waals surface area contributed by atoms with Crippen LogP contribution in [-0.2, 0) is 36.1 Å². The Morgan fingerprint density at radius 2 is 1.41 bits per heavy atom. The van der Waals surface area contributed by atoms with E-state index >= 15 is 0 Å². The zero-order chi connectivity index (χ0) is 13.7. The predicted molar refractivity (Wildman–Crippen MR) is 66.4 cm³/mol. The van der Waals surface area contributed by atoms with Gasteiger partial charge in [-0.25, -0.2) is 4.98 Å². The van der Waals surface area contributed by atoms with Crippen LogP contribution >= 0.6 is 0 Å². The molecule has 1 rings (SSSR count). The average Bonchev–Trinajstić information content (AvgIpc) is 2.55. The van der Waals surface area contributed by atoms with E-state index < -0.39 is 0 Å². The molecule has 1 radical (unpaired) electrons. The summed E-state index contributed by atoms with van der Waals surface area (Å²) in [6.07, 6.45) is 1.82. The van der Waals surface area contributed by atoms with Gasteiger partial charge in [-0.3, -0.25) is 13.6 Å². The molecule has 99 valence electrons. The maximum atomic E-state index is 7.75. The molecule has 1 aromatic rings. The first kappa shape index (κ1) is 25.1. The summed E-state index contributed by atoms with van der Waals surface area (Å²) in [4.78, 5) is 19.6. The van der Waals surface area contributed by atoms with Gasteiger partial charge in [-0.15, -0.1) is 0 Å². The molecule has 1 aromatic heterocycles. The monoisotopic (exact) mass is 327 g/mol. The molecule has 5 heteroatoms. The van der Waals surface area contributed by atoms with Crippen molar-refractivity contribution in [2.75, 3.05) is 0 Å². The second-order valence-corrected chi connectivity index (χ2v) is 3.53. The van der Waals surface area contributed by atoms with Crippen LogP contribution in [0.5, 0.6) is 0 Å². The van der Waals surface area contributed by atoms with Crippen LogP contribution in [-0.4, -0.2) is 23.1 Å². The van der Waals surface area contributed by atoms with Crippen LogP contribution in [0.25, 0.3) is 0 Å². The van der Waals surface area contributed by atoms with Crippen molar-refractivity contribution < 1.29 is 29.1 Å². The third-order valence-corrected chi connectivity index (χ3v) is 1.48. The van der Waals surface area contributed by atoms with Crippen molar-refractivity contribution in [3.63, 3.8) is 0 Å². The normalized spacial score (nSPS) is 7.24. The predicted octanol–water partition coefficient (Wildman–Crippen LogP) is 2.11. The molecule has 0 aliphatic carbocycles. The molecule has 0 spiro atoms. The summed E-state index contributed by atoms with van der Waals surface area (Å²) in [5.74, 6) is 1.42. The molecule has 0 saturated heterocycles. The second kappa shape index (κ2) is 17.6. The van der Waals surface area contributed by atoms with Crippen LogP contribution < -0.4 is 0 Å². The Balaban J connectivity index is -0.0000000814. The van der Waals surface area contributed by atoms with E-state index in [-0.39, 0.29) is 19.5 Å². The number of aromatic nitrogens is 2. The quantitative estimate of drug-likeness (QED) is 0.417. The van der Waals surface area contributed by atoms with Crippen LogP contribution in [0, 0.1) is 19.8 Å². The Morgan fingerprint density at radius 1 is 1.12 bits per heavy atom. The fourth-order valence-corrected chi connectivity index (χ4v) is 0.608. The fourth-order valence-electron chi connectivity index (χ4n) is 0.608. The number of nitrogens with zero attached hydrogens (tertiary/aromatic N) is 2. The molecule has 4 nitrogen and oxygen atoms in total. The van der Waals surface area contributed by atoms with Crippen LogP contribution in [0.1, 0.15) is 32.2 Å². The summed E-state index contributed by atoms with van der Waals surface area (Å²) in [5, 5.41) is 0. The van der Waals surface area contributed by atoms with Crippen molar-refractivity contribution in [1.29, 1.82) is 0 Å². The fraction of sp³-hybridized carbons (Fsp3) is 0.500. The van der Waals surface area contributed by atoms with Gasteiger partial charge in [0.15, 0.2) is 0 Å². The Morgan fingerprint density at radius 3 is 1.47 bits per heavy atom. The first-order valence-electron chi connectivity index (χ1n) is 4.63. The molecule has 0 fully saturated rings. The van der Waals surface area contributed by atoms with Gasteiger partial charge in [0, 0.05) is 12.7 Å². The van der Waals surface area contributed by atoms with Gasteiger partial charge in [-0.2, -0.15) is 20.8 Å². The maximum Gasteiger partial charge on any atom is 3.00 e. The van der Waals surface area contributed by atoms with E-state index in [0.29, 0.717) is 0 Å². The summed E-state index contributed by atoms with van der Waals surface area (Å²) in [6, 6.07) is 0. The SMILES string of the molecule is C[C-](C)C.Cc1ncn(C)c1C.[CH-]=O.[CH-]=O.[Ru+3]. The standard InChI is InChI=1S/C6H10N2.C4H9.2CHO.Ru/c1-5-6(2)8(3)4-7-5;1-4(2)3;2*1-2;/h4H,1-3H3;1-3H3;2*1H;/q;3*-1;+3. The van der Waals surface area contributed by atoms with Crippen LogP contribution in [0.4, 0.5) is 0 Å². The second-order valence-electron chi connectivity index (χ2n) is 3.53. The Labute approximate surface area is 118 Å². The van der Waals surface area contributed by atoms with E-state index in [1.54, 1.807) is 0 Å². The molecule has 0 N–H and O–H groups in total. The van der Waals surface area contributed by atoms with E-state index in [1.165, 1.54) is 11.6 Å². The summed E-state index contributed by atoms with van der Waals surface area (Å²) < 4.78 is 2.01. The Bertz CT molecular complexity index is 239. The van der Waals surface area contributed by atoms with Crippen LogP contribution in [0.15, 0.2) is 6.33 Å². The average molecular weight is 326 g/mol. The summed E-state index contributed by atoms with van der Waals surface area (Å²) >= 11 is 0. The van der Waals surface area contributed by atoms with Gasteiger partial charge >= 0.3 is 19.5 Å². The molecule has 0 unspecified atom stereocenters. The van der Waals surface area contributed by atoms with E-state index in [0.717, 1.165) is 5.69 Å². The van der Waals surface area contributed by atoms with Crippen molar-refractivity contribution in [3.05, 3.63) is 23.6 Å². The number of carbonyl (C=O) groups excluding carboxylic acids is 2. The van der Waals surface area contributed by atoms with E-state index in [9.17, 15) is 0 Å². The van der Waals surface area contributed by atoms with E-state index in [4.69, 9.17) is 9.59 Å². The van der Waals surface area contributed by atoms with Crippen molar-refractivity contribution in [1.82, 2.24) is 9.55 Å². The molecule has 0 aliphatic heterocycles. The smallest absolute Gasteiger partial charge is 0.545 e. The Hall–Kier alpha value is -0.827. The number of hydrogen-bond donors (Lipinski definition) is 0. The van der Waals surface area contributed by atoms with Crippen molar-refractivity contribution >= 4 is 13.6 Å². The Kier molecular flexibility index (Phi) is 26.0. The van der Waals surface area contributed by atoms with E-state index in [2.05, 4.69) is 46.3 Å². The van der Waals surface area contributed by atoms with Gasteiger partial charge < -0.3 is 20.1 Å². The molecular weight excluding hydrogens is 305 g/mol. The van der Waals surface area contributed by atoms with Gasteiger partial charge in [-0.05, 0) is 13.8 Å². The van der Waals surface area contributed by atoms with Gasteiger partial charge in [0.1, 0.15) is 0 Å². The topological polar surface area (TPSA) is 52.0 Å². The van der Waals surface area contributed by atoms with Gasteiger partial charge in [0.25, 0.3) is 0 Å². The van der Waals surface area contributed by atoms with Crippen molar-refractivity contribution in [3.8, 4) is 0 Å². The minimum atomic E-state index is 0. The zero-order valence-corrected chi connectivity index (χ0v) is 13.0. The number of hydrogen-bond acceptors (Lipinski definition) is 3. The van der Waals surface area contributed by atoms with Gasteiger partial charge in [0.2, 0.25) is 0 Å². The first-order chi connectivity index (χ1) is 7.45. The molecule has 0 aliphatic rings. The molecule has 1 heterocycles. The minimum Gasteiger partial charge on any atom is -0.545 e. The number of aryl methyl sites for hydroxylation is 2. The summed E-state index contributed by atoms with van der Waals surface area (Å²) in [6.45, 7) is 16.8. The van der Waals surface area contributed by atoms with E-state index in [1.807, 2.05) is 24.9 Å². The third kappa shape index (κ3) is 17.8. The van der Waals surface area contributed by atoms with Gasteiger partial charge in [0.05, 0.1) is 12.0 Å². The summed E-state index contributed by atoms with van der Waals surface area (Å²) in [5.41, 5.74) is 2.36. The largest absolute Gasteiger partial charge is 3.00 e. The zero-order valence-electron chi connectivity index (χ0n) is 11.3. The van der Waals surface area contributed by atoms with Crippen molar-refractivity contribution in [2.45, 2.75) is 34.6 Å². The van der Waals surface area contributed by atoms with Crippen molar-refractivity contribution in [2.24, 2.45) is 7.05 Å². The van der Waals surface area contributed by atoms with Crippen LogP contribution in [0.2, 0.25) is 0 Å². The molecular formula is C12H21N2O2Ru. The third-order valence-electron chi connectivity index (χ3n) is 1.48. The number of rotatable bonds is 0. The summed E-state index contributed by atoms with van der Waals surface area (Å²) in [7, 11) is 2.00. The molecule has 0 aromatic carbocycles.